The van der Waals surface area contributed by atoms with E-state index in [4.69, 9.17) is 0 Å². The van der Waals surface area contributed by atoms with E-state index in [1.165, 1.54) is 11.1 Å². The third-order valence-electron chi connectivity index (χ3n) is 3.32. The molecule has 0 saturated heterocycles. The number of hydrogen-bond donors (Lipinski definition) is 1. The molecule has 0 aliphatic carbocycles. The van der Waals surface area contributed by atoms with Crippen molar-refractivity contribution in [3.63, 3.8) is 0 Å². The van der Waals surface area contributed by atoms with E-state index in [-0.39, 0.29) is 5.92 Å². The predicted molar refractivity (Wildman–Crippen MR) is 79.2 cm³/mol. The highest BCUT2D eigenvalue weighted by molar-refractivity contribution is 5.57. The zero-order valence-corrected chi connectivity index (χ0v) is 11.4. The first-order valence-corrected chi connectivity index (χ1v) is 6.47. The van der Waals surface area contributed by atoms with Crippen molar-refractivity contribution in [3.8, 4) is 6.07 Å². The van der Waals surface area contributed by atoms with Crippen molar-refractivity contribution in [2.24, 2.45) is 0 Å². The monoisotopic (exact) mass is 250 g/mol. The first kappa shape index (κ1) is 13.2. The van der Waals surface area contributed by atoms with Crippen LogP contribution in [0.4, 0.5) is 5.69 Å². The Morgan fingerprint density at radius 3 is 2.21 bits per heavy atom. The van der Waals surface area contributed by atoms with Gasteiger partial charge in [-0.2, -0.15) is 5.26 Å². The second-order valence-electron chi connectivity index (χ2n) is 4.74. The second kappa shape index (κ2) is 6.06. The number of anilines is 1. The fourth-order valence-electron chi connectivity index (χ4n) is 2.22. The average Bonchev–Trinajstić information content (AvgIpc) is 2.43. The molecule has 0 aliphatic heterocycles. The maximum atomic E-state index is 9.31. The minimum absolute atomic E-state index is 0.125. The molecular formula is C17H18N2. The molecule has 0 amide bonds. The van der Waals surface area contributed by atoms with E-state index in [1.807, 2.05) is 30.3 Å². The van der Waals surface area contributed by atoms with Gasteiger partial charge >= 0.3 is 0 Å². The summed E-state index contributed by atoms with van der Waals surface area (Å²) >= 11 is 0. The molecule has 0 heterocycles. The summed E-state index contributed by atoms with van der Waals surface area (Å²) in [6, 6.07) is 18.5. The van der Waals surface area contributed by atoms with Crippen molar-refractivity contribution in [2.75, 3.05) is 11.9 Å². The third-order valence-corrected chi connectivity index (χ3v) is 3.32. The summed E-state index contributed by atoms with van der Waals surface area (Å²) in [5, 5.41) is 12.7. The second-order valence-corrected chi connectivity index (χ2v) is 4.74. The summed E-state index contributed by atoms with van der Waals surface area (Å²) in [7, 11) is 0. The van der Waals surface area contributed by atoms with E-state index in [9.17, 15) is 5.26 Å². The van der Waals surface area contributed by atoms with Crippen molar-refractivity contribution in [2.45, 2.75) is 19.8 Å². The molecule has 1 N–H and O–H groups in total. The number of benzene rings is 2. The highest BCUT2D eigenvalue weighted by Gasteiger charge is 2.11. The molecule has 2 rings (SSSR count). The van der Waals surface area contributed by atoms with Gasteiger partial charge in [-0.05, 0) is 30.5 Å². The highest BCUT2D eigenvalue weighted by atomic mass is 14.9. The lowest BCUT2D eigenvalue weighted by Crippen LogP contribution is -2.12. The summed E-state index contributed by atoms with van der Waals surface area (Å²) in [6.07, 6.45) is 0. The Morgan fingerprint density at radius 2 is 1.63 bits per heavy atom. The van der Waals surface area contributed by atoms with E-state index in [0.29, 0.717) is 6.54 Å². The van der Waals surface area contributed by atoms with Gasteiger partial charge in [0.1, 0.15) is 0 Å². The van der Waals surface area contributed by atoms with Crippen LogP contribution in [0.2, 0.25) is 0 Å². The maximum Gasteiger partial charge on any atom is 0.0885 e. The first-order chi connectivity index (χ1) is 9.22. The molecule has 96 valence electrons. The van der Waals surface area contributed by atoms with Crippen molar-refractivity contribution in [3.05, 3.63) is 65.2 Å². The SMILES string of the molecule is Cc1cccc(C)c1NCC(C#N)c1ccccc1. The van der Waals surface area contributed by atoms with Gasteiger partial charge in [0.05, 0.1) is 12.0 Å². The molecule has 0 fully saturated rings. The summed E-state index contributed by atoms with van der Waals surface area (Å²) in [5.41, 5.74) is 4.62. The normalized spacial score (nSPS) is 11.6. The van der Waals surface area contributed by atoms with Gasteiger partial charge < -0.3 is 5.32 Å². The van der Waals surface area contributed by atoms with Crippen LogP contribution in [0.25, 0.3) is 0 Å². The molecule has 0 bridgehead atoms. The van der Waals surface area contributed by atoms with E-state index >= 15 is 0 Å². The molecule has 0 spiro atoms. The van der Waals surface area contributed by atoms with E-state index in [0.717, 1.165) is 11.3 Å². The third kappa shape index (κ3) is 3.14. The summed E-state index contributed by atoms with van der Waals surface area (Å²) in [5.74, 6) is -0.125. The van der Waals surface area contributed by atoms with Crippen LogP contribution in [0.3, 0.4) is 0 Å². The molecule has 0 saturated carbocycles. The minimum Gasteiger partial charge on any atom is -0.383 e. The molecule has 0 aromatic heterocycles. The van der Waals surface area contributed by atoms with Crippen LogP contribution in [0.15, 0.2) is 48.5 Å². The van der Waals surface area contributed by atoms with Crippen LogP contribution < -0.4 is 5.32 Å². The van der Waals surface area contributed by atoms with Gasteiger partial charge in [-0.1, -0.05) is 48.5 Å². The molecule has 2 aromatic carbocycles. The van der Waals surface area contributed by atoms with Crippen molar-refractivity contribution < 1.29 is 0 Å². The van der Waals surface area contributed by atoms with Crippen LogP contribution in [-0.2, 0) is 0 Å². The Morgan fingerprint density at radius 1 is 1.00 bits per heavy atom. The average molecular weight is 250 g/mol. The molecule has 19 heavy (non-hydrogen) atoms. The van der Waals surface area contributed by atoms with Crippen LogP contribution in [-0.4, -0.2) is 6.54 Å². The topological polar surface area (TPSA) is 35.8 Å². The van der Waals surface area contributed by atoms with Gasteiger partial charge in [0.2, 0.25) is 0 Å². The lowest BCUT2D eigenvalue weighted by atomic mass is 10.00. The Hall–Kier alpha value is -2.27. The molecule has 1 unspecified atom stereocenters. The number of para-hydroxylation sites is 1. The van der Waals surface area contributed by atoms with Crippen molar-refractivity contribution in [1.82, 2.24) is 0 Å². The maximum absolute atomic E-state index is 9.31. The van der Waals surface area contributed by atoms with Crippen molar-refractivity contribution in [1.29, 1.82) is 5.26 Å². The van der Waals surface area contributed by atoms with Gasteiger partial charge in [-0.15, -0.1) is 0 Å². The number of rotatable bonds is 4. The molecule has 1 atom stereocenters. The Balaban J connectivity index is 2.12. The standard InChI is InChI=1S/C17H18N2/c1-13-7-6-8-14(2)17(13)19-12-16(11-18)15-9-4-3-5-10-15/h3-10,16,19H,12H2,1-2H3. The van der Waals surface area contributed by atoms with Gasteiger partial charge in [-0.3, -0.25) is 0 Å². The van der Waals surface area contributed by atoms with E-state index in [1.54, 1.807) is 0 Å². The van der Waals surface area contributed by atoms with Gasteiger partial charge in [0.15, 0.2) is 0 Å². The summed E-state index contributed by atoms with van der Waals surface area (Å²) in [4.78, 5) is 0. The Kier molecular flexibility index (Phi) is 4.20. The first-order valence-electron chi connectivity index (χ1n) is 6.47. The lowest BCUT2D eigenvalue weighted by molar-refractivity contribution is 0.898. The fourth-order valence-corrected chi connectivity index (χ4v) is 2.22. The van der Waals surface area contributed by atoms with Crippen LogP contribution >= 0.6 is 0 Å². The number of aryl methyl sites for hydroxylation is 2. The predicted octanol–water partition coefficient (Wildman–Crippen LogP) is 4.02. The van der Waals surface area contributed by atoms with Crippen molar-refractivity contribution >= 4 is 5.69 Å². The molecule has 0 radical (unpaired) electrons. The molecule has 0 aliphatic rings. The number of nitrogens with zero attached hydrogens (tertiary/aromatic N) is 1. The molecular weight excluding hydrogens is 232 g/mol. The Bertz CT molecular complexity index is 562. The number of nitriles is 1. The van der Waals surface area contributed by atoms with Gasteiger partial charge in [0, 0.05) is 12.2 Å². The van der Waals surface area contributed by atoms with E-state index in [2.05, 4.69) is 43.4 Å². The highest BCUT2D eigenvalue weighted by Crippen LogP contribution is 2.21. The zero-order valence-electron chi connectivity index (χ0n) is 11.4. The number of nitrogens with one attached hydrogen (secondary N) is 1. The molecule has 2 nitrogen and oxygen atoms in total. The molecule has 2 heteroatoms. The van der Waals surface area contributed by atoms with Crippen LogP contribution in [0, 0.1) is 25.2 Å². The lowest BCUT2D eigenvalue weighted by Gasteiger charge is -2.15. The fraction of sp³-hybridized carbons (Fsp3) is 0.235. The van der Waals surface area contributed by atoms with Gasteiger partial charge in [-0.25, -0.2) is 0 Å². The largest absolute Gasteiger partial charge is 0.383 e. The van der Waals surface area contributed by atoms with E-state index < -0.39 is 0 Å². The van der Waals surface area contributed by atoms with Crippen LogP contribution in [0.1, 0.15) is 22.6 Å². The molecule has 2 aromatic rings. The summed E-state index contributed by atoms with van der Waals surface area (Å²) < 4.78 is 0. The number of hydrogen-bond acceptors (Lipinski definition) is 2. The van der Waals surface area contributed by atoms with Gasteiger partial charge in [0.25, 0.3) is 0 Å². The quantitative estimate of drug-likeness (QED) is 0.889. The Labute approximate surface area is 114 Å². The minimum atomic E-state index is -0.125. The zero-order chi connectivity index (χ0) is 13.7. The smallest absolute Gasteiger partial charge is 0.0885 e. The van der Waals surface area contributed by atoms with Crippen LogP contribution in [0.5, 0.6) is 0 Å². The summed E-state index contributed by atoms with van der Waals surface area (Å²) in [6.45, 7) is 4.80.